The van der Waals surface area contributed by atoms with E-state index in [1.54, 1.807) is 0 Å². The Balaban J connectivity index is 1.95. The molecule has 1 N–H and O–H groups in total. The summed E-state index contributed by atoms with van der Waals surface area (Å²) in [6, 6.07) is 0.0676. The smallest absolute Gasteiger partial charge is 0.407 e. The van der Waals surface area contributed by atoms with Crippen LogP contribution in [0.3, 0.4) is 0 Å². The number of hydrogen-bond donors (Lipinski definition) is 1. The van der Waals surface area contributed by atoms with Crippen molar-refractivity contribution >= 4 is 12.0 Å². The Kier molecular flexibility index (Phi) is 4.83. The SMILES string of the molecule is CN(c1ncc(F)cn1)[C@H](CNC(=O)OC(C)(C)C)C1CC1. The van der Waals surface area contributed by atoms with Crippen LogP contribution in [0.2, 0.25) is 0 Å². The summed E-state index contributed by atoms with van der Waals surface area (Å²) in [5.41, 5.74) is -0.523. The molecule has 0 radical (unpaired) electrons. The van der Waals surface area contributed by atoms with Crippen LogP contribution < -0.4 is 10.2 Å². The summed E-state index contributed by atoms with van der Waals surface area (Å²) in [5, 5.41) is 2.79. The van der Waals surface area contributed by atoms with Crippen molar-refractivity contribution in [3.05, 3.63) is 18.2 Å². The molecule has 22 heavy (non-hydrogen) atoms. The van der Waals surface area contributed by atoms with Crippen LogP contribution in [0.15, 0.2) is 12.4 Å². The summed E-state index contributed by atoms with van der Waals surface area (Å²) in [4.78, 5) is 21.6. The number of alkyl carbamates (subject to hydrolysis) is 1. The third-order valence-electron chi connectivity index (χ3n) is 3.44. The Morgan fingerprint density at radius 3 is 2.55 bits per heavy atom. The molecule has 1 aromatic rings. The highest BCUT2D eigenvalue weighted by atomic mass is 19.1. The fraction of sp³-hybridized carbons (Fsp3) is 0.667. The molecule has 1 saturated carbocycles. The van der Waals surface area contributed by atoms with Gasteiger partial charge in [0.15, 0.2) is 5.82 Å². The van der Waals surface area contributed by atoms with Gasteiger partial charge < -0.3 is 15.0 Å². The first-order valence-corrected chi connectivity index (χ1v) is 7.43. The summed E-state index contributed by atoms with van der Waals surface area (Å²) in [6.07, 6.45) is 4.05. The maximum atomic E-state index is 12.9. The lowest BCUT2D eigenvalue weighted by Crippen LogP contribution is -2.45. The topological polar surface area (TPSA) is 67.4 Å². The Labute approximate surface area is 130 Å². The summed E-state index contributed by atoms with van der Waals surface area (Å²) >= 11 is 0. The number of halogens is 1. The largest absolute Gasteiger partial charge is 0.444 e. The Hall–Kier alpha value is -1.92. The number of carbonyl (C=O) groups excluding carboxylic acids is 1. The summed E-state index contributed by atoms with van der Waals surface area (Å²) in [5.74, 6) is 0.463. The summed E-state index contributed by atoms with van der Waals surface area (Å²) < 4.78 is 18.2. The molecule has 0 aromatic carbocycles. The van der Waals surface area contributed by atoms with Crippen LogP contribution in [0, 0.1) is 11.7 Å². The van der Waals surface area contributed by atoms with Gasteiger partial charge in [-0.25, -0.2) is 19.2 Å². The number of hydrogen-bond acceptors (Lipinski definition) is 5. The fourth-order valence-corrected chi connectivity index (χ4v) is 2.24. The maximum absolute atomic E-state index is 12.9. The van der Waals surface area contributed by atoms with E-state index in [-0.39, 0.29) is 6.04 Å². The molecule has 0 saturated heterocycles. The van der Waals surface area contributed by atoms with E-state index in [0.717, 1.165) is 25.2 Å². The number of nitrogens with zero attached hydrogens (tertiary/aromatic N) is 3. The third kappa shape index (κ3) is 4.82. The molecule has 1 fully saturated rings. The minimum atomic E-state index is -0.523. The van der Waals surface area contributed by atoms with Gasteiger partial charge in [0.25, 0.3) is 0 Å². The van der Waals surface area contributed by atoms with Gasteiger partial charge in [0, 0.05) is 13.6 Å². The molecule has 1 atom stereocenters. The molecule has 0 bridgehead atoms. The molecule has 6 nitrogen and oxygen atoms in total. The Bertz CT molecular complexity index is 511. The minimum Gasteiger partial charge on any atom is -0.444 e. The van der Waals surface area contributed by atoms with Crippen molar-refractivity contribution in [1.29, 1.82) is 0 Å². The highest BCUT2D eigenvalue weighted by Crippen LogP contribution is 2.35. The molecule has 7 heteroatoms. The van der Waals surface area contributed by atoms with E-state index in [1.807, 2.05) is 32.7 Å². The molecule has 1 aliphatic rings. The molecule has 0 unspecified atom stereocenters. The van der Waals surface area contributed by atoms with Crippen LogP contribution in [0.1, 0.15) is 33.6 Å². The molecule has 1 heterocycles. The van der Waals surface area contributed by atoms with Crippen molar-refractivity contribution in [1.82, 2.24) is 15.3 Å². The minimum absolute atomic E-state index is 0.0676. The number of amides is 1. The first kappa shape index (κ1) is 16.5. The quantitative estimate of drug-likeness (QED) is 0.904. The number of likely N-dealkylation sites (N-methyl/N-ethyl adjacent to an activating group) is 1. The molecule has 0 aliphatic heterocycles. The van der Waals surface area contributed by atoms with Crippen molar-refractivity contribution in [3.8, 4) is 0 Å². The van der Waals surface area contributed by atoms with Gasteiger partial charge in [0.2, 0.25) is 5.95 Å². The average Bonchev–Trinajstić information content (AvgIpc) is 3.22. The van der Waals surface area contributed by atoms with Crippen LogP contribution in [-0.4, -0.2) is 41.3 Å². The third-order valence-corrected chi connectivity index (χ3v) is 3.44. The lowest BCUT2D eigenvalue weighted by molar-refractivity contribution is 0.0523. The van der Waals surface area contributed by atoms with Crippen molar-refractivity contribution < 1.29 is 13.9 Å². The second-order valence-electron chi connectivity index (χ2n) is 6.60. The molecule has 122 valence electrons. The van der Waals surface area contributed by atoms with Crippen LogP contribution in [-0.2, 0) is 4.74 Å². The zero-order chi connectivity index (χ0) is 16.3. The molecular weight excluding hydrogens is 287 g/mol. The van der Waals surface area contributed by atoms with E-state index in [0.29, 0.717) is 18.4 Å². The van der Waals surface area contributed by atoms with Gasteiger partial charge in [-0.3, -0.25) is 0 Å². The number of rotatable bonds is 5. The highest BCUT2D eigenvalue weighted by Gasteiger charge is 2.35. The Morgan fingerprint density at radius 1 is 1.45 bits per heavy atom. The number of ether oxygens (including phenoxy) is 1. The van der Waals surface area contributed by atoms with Crippen LogP contribution in [0.5, 0.6) is 0 Å². The van der Waals surface area contributed by atoms with E-state index in [1.165, 1.54) is 0 Å². The lowest BCUT2D eigenvalue weighted by atomic mass is 10.1. The fourth-order valence-electron chi connectivity index (χ4n) is 2.24. The van der Waals surface area contributed by atoms with Gasteiger partial charge in [0.05, 0.1) is 18.4 Å². The molecule has 1 aromatic heterocycles. The van der Waals surface area contributed by atoms with E-state index >= 15 is 0 Å². The van der Waals surface area contributed by atoms with Crippen LogP contribution >= 0.6 is 0 Å². The summed E-state index contributed by atoms with van der Waals surface area (Å²) in [6.45, 7) is 5.91. The number of anilines is 1. The van der Waals surface area contributed by atoms with Gasteiger partial charge in [-0.2, -0.15) is 0 Å². The van der Waals surface area contributed by atoms with Gasteiger partial charge in [0.1, 0.15) is 5.60 Å². The number of nitrogens with one attached hydrogen (secondary N) is 1. The van der Waals surface area contributed by atoms with Crippen molar-refractivity contribution in [3.63, 3.8) is 0 Å². The zero-order valence-electron chi connectivity index (χ0n) is 13.5. The van der Waals surface area contributed by atoms with Gasteiger partial charge in [-0.15, -0.1) is 0 Å². The van der Waals surface area contributed by atoms with Crippen LogP contribution in [0.4, 0.5) is 15.1 Å². The molecule has 2 rings (SSSR count). The normalized spacial score (nSPS) is 16.0. The molecule has 1 amide bonds. The summed E-state index contributed by atoms with van der Waals surface area (Å²) in [7, 11) is 1.85. The number of carbonyl (C=O) groups is 1. The standard InChI is InChI=1S/C15H23FN4O2/c1-15(2,3)22-14(21)19-9-12(10-5-6-10)20(4)13-17-7-11(16)8-18-13/h7-8,10,12H,5-6,9H2,1-4H3,(H,19,21)/t12-/m1/s1. The van der Waals surface area contributed by atoms with Crippen molar-refractivity contribution in [2.24, 2.45) is 5.92 Å². The maximum Gasteiger partial charge on any atom is 0.407 e. The molecule has 1 aliphatic carbocycles. The van der Waals surface area contributed by atoms with Crippen molar-refractivity contribution in [2.75, 3.05) is 18.5 Å². The van der Waals surface area contributed by atoms with E-state index in [9.17, 15) is 9.18 Å². The van der Waals surface area contributed by atoms with Crippen LogP contribution in [0.25, 0.3) is 0 Å². The van der Waals surface area contributed by atoms with Crippen molar-refractivity contribution in [2.45, 2.75) is 45.3 Å². The average molecular weight is 310 g/mol. The molecule has 0 spiro atoms. The monoisotopic (exact) mass is 310 g/mol. The number of aromatic nitrogens is 2. The van der Waals surface area contributed by atoms with Gasteiger partial charge in [-0.1, -0.05) is 0 Å². The second-order valence-corrected chi connectivity index (χ2v) is 6.60. The predicted molar refractivity (Wildman–Crippen MR) is 81.1 cm³/mol. The second kappa shape index (κ2) is 6.46. The first-order chi connectivity index (χ1) is 10.3. The van der Waals surface area contributed by atoms with Gasteiger partial charge in [-0.05, 0) is 39.5 Å². The Morgan fingerprint density at radius 2 is 2.05 bits per heavy atom. The van der Waals surface area contributed by atoms with E-state index < -0.39 is 17.5 Å². The zero-order valence-corrected chi connectivity index (χ0v) is 13.5. The first-order valence-electron chi connectivity index (χ1n) is 7.43. The van der Waals surface area contributed by atoms with Gasteiger partial charge >= 0.3 is 6.09 Å². The lowest BCUT2D eigenvalue weighted by Gasteiger charge is -2.29. The molecular formula is C15H23FN4O2. The predicted octanol–water partition coefficient (Wildman–Crippen LogP) is 2.36. The van der Waals surface area contributed by atoms with E-state index in [4.69, 9.17) is 4.74 Å². The highest BCUT2D eigenvalue weighted by molar-refractivity contribution is 5.67. The van der Waals surface area contributed by atoms with E-state index in [2.05, 4.69) is 15.3 Å².